The van der Waals surface area contributed by atoms with Crippen LogP contribution >= 0.6 is 0 Å². The van der Waals surface area contributed by atoms with E-state index in [9.17, 15) is 4.39 Å². The number of fused-ring (bicyclic) bond motifs is 2. The van der Waals surface area contributed by atoms with Gasteiger partial charge in [-0.15, -0.1) is 5.10 Å². The summed E-state index contributed by atoms with van der Waals surface area (Å²) >= 11 is 0. The van der Waals surface area contributed by atoms with E-state index in [1.165, 1.54) is 0 Å². The highest BCUT2D eigenvalue weighted by Crippen LogP contribution is 2.29. The summed E-state index contributed by atoms with van der Waals surface area (Å²) < 4.78 is 17.9. The lowest BCUT2D eigenvalue weighted by Gasteiger charge is -2.32. The van der Waals surface area contributed by atoms with Gasteiger partial charge >= 0.3 is 0 Å². The number of nitrogens with zero attached hydrogens (tertiary/aromatic N) is 7. The highest BCUT2D eigenvalue weighted by Gasteiger charge is 2.28. The first-order chi connectivity index (χ1) is 14.1. The fourth-order valence-electron chi connectivity index (χ4n) is 3.81. The number of halogens is 1. The van der Waals surface area contributed by atoms with Crippen LogP contribution in [0.25, 0.3) is 22.4 Å². The number of piperidine rings is 1. The van der Waals surface area contributed by atoms with E-state index in [4.69, 9.17) is 0 Å². The fraction of sp³-hybridized carbons (Fsp3) is 0.368. The van der Waals surface area contributed by atoms with Crippen molar-refractivity contribution in [1.82, 2.24) is 34.1 Å². The molecular formula is C19H22FN9. The van der Waals surface area contributed by atoms with E-state index in [-0.39, 0.29) is 6.04 Å². The first-order valence-electron chi connectivity index (χ1n) is 9.59. The van der Waals surface area contributed by atoms with Crippen molar-refractivity contribution in [3.8, 4) is 11.3 Å². The van der Waals surface area contributed by atoms with E-state index < -0.39 is 6.17 Å². The van der Waals surface area contributed by atoms with E-state index in [1.807, 2.05) is 49.6 Å². The number of imidazole rings is 1. The standard InChI is InChI=1S/C19H22FN9/c1-21-18-17-12(14-3-4-16-22-7-10-28(16)25-14)5-9-29(17)26-19(24-18)23-15-6-8-27(2)11-13(15)20/h3-5,7,9-10,13,15H,6,8,11H2,1-2H3,(H2,21,23,24,26)/t13-,15+/m1/s1. The molecule has 0 saturated carbocycles. The van der Waals surface area contributed by atoms with Crippen molar-refractivity contribution in [1.29, 1.82) is 0 Å². The number of hydrogen-bond acceptors (Lipinski definition) is 7. The molecule has 1 aliphatic heterocycles. The molecule has 9 nitrogen and oxygen atoms in total. The summed E-state index contributed by atoms with van der Waals surface area (Å²) in [6.45, 7) is 1.25. The second-order valence-corrected chi connectivity index (χ2v) is 7.32. The lowest BCUT2D eigenvalue weighted by Crippen LogP contribution is -2.46. The van der Waals surface area contributed by atoms with Crippen LogP contribution in [-0.2, 0) is 0 Å². The Kier molecular flexibility index (Phi) is 4.27. The Morgan fingerprint density at radius 2 is 2.03 bits per heavy atom. The molecule has 10 heteroatoms. The molecule has 4 aromatic rings. The van der Waals surface area contributed by atoms with Crippen LogP contribution in [0.4, 0.5) is 16.2 Å². The quantitative estimate of drug-likeness (QED) is 0.546. The second-order valence-electron chi connectivity index (χ2n) is 7.32. The van der Waals surface area contributed by atoms with Gasteiger partial charge in [0, 0.05) is 44.3 Å². The van der Waals surface area contributed by atoms with Crippen LogP contribution in [0.2, 0.25) is 0 Å². The predicted molar refractivity (Wildman–Crippen MR) is 109 cm³/mol. The number of alkyl halides is 1. The maximum Gasteiger partial charge on any atom is 0.243 e. The van der Waals surface area contributed by atoms with Crippen molar-refractivity contribution in [3.63, 3.8) is 0 Å². The molecule has 0 unspecified atom stereocenters. The maximum atomic E-state index is 14.4. The van der Waals surface area contributed by atoms with Crippen LogP contribution < -0.4 is 10.6 Å². The van der Waals surface area contributed by atoms with Gasteiger partial charge in [-0.05, 0) is 31.7 Å². The summed E-state index contributed by atoms with van der Waals surface area (Å²) in [5.74, 6) is 1.05. The second kappa shape index (κ2) is 6.96. The molecule has 29 heavy (non-hydrogen) atoms. The summed E-state index contributed by atoms with van der Waals surface area (Å²) in [4.78, 5) is 10.8. The van der Waals surface area contributed by atoms with Gasteiger partial charge < -0.3 is 15.5 Å². The van der Waals surface area contributed by atoms with Crippen molar-refractivity contribution in [3.05, 3.63) is 36.8 Å². The highest BCUT2D eigenvalue weighted by atomic mass is 19.1. The van der Waals surface area contributed by atoms with Crippen molar-refractivity contribution < 1.29 is 4.39 Å². The Morgan fingerprint density at radius 3 is 2.86 bits per heavy atom. The molecule has 1 aliphatic rings. The largest absolute Gasteiger partial charge is 0.371 e. The average Bonchev–Trinajstić information content (AvgIpc) is 3.35. The van der Waals surface area contributed by atoms with Crippen LogP contribution in [0.15, 0.2) is 36.8 Å². The van der Waals surface area contributed by atoms with Gasteiger partial charge in [-0.2, -0.15) is 10.1 Å². The molecular weight excluding hydrogens is 373 g/mol. The molecule has 1 saturated heterocycles. The molecule has 0 radical (unpaired) electrons. The summed E-state index contributed by atoms with van der Waals surface area (Å²) in [5.41, 5.74) is 3.29. The highest BCUT2D eigenvalue weighted by molar-refractivity contribution is 5.87. The van der Waals surface area contributed by atoms with Crippen molar-refractivity contribution in [2.45, 2.75) is 18.6 Å². The van der Waals surface area contributed by atoms with Gasteiger partial charge in [0.15, 0.2) is 11.5 Å². The number of aromatic nitrogens is 6. The third-order valence-corrected chi connectivity index (χ3v) is 5.34. The monoisotopic (exact) mass is 395 g/mol. The van der Waals surface area contributed by atoms with Crippen molar-refractivity contribution >= 4 is 22.9 Å². The molecule has 0 amide bonds. The number of anilines is 2. The lowest BCUT2D eigenvalue weighted by atomic mass is 10.0. The minimum Gasteiger partial charge on any atom is -0.371 e. The third kappa shape index (κ3) is 3.15. The molecule has 0 aliphatic carbocycles. The van der Waals surface area contributed by atoms with Crippen molar-refractivity contribution in [2.75, 3.05) is 37.8 Å². The SMILES string of the molecule is CNc1nc(N[C@H]2CCN(C)C[C@H]2F)nn2ccc(-c3ccc4nccn4n3)c12. The van der Waals surface area contributed by atoms with E-state index in [0.29, 0.717) is 24.7 Å². The molecule has 4 aromatic heterocycles. The zero-order chi connectivity index (χ0) is 20.0. The molecule has 0 bridgehead atoms. The Balaban J connectivity index is 1.52. The van der Waals surface area contributed by atoms with E-state index in [2.05, 4.69) is 30.8 Å². The summed E-state index contributed by atoms with van der Waals surface area (Å²) in [7, 11) is 3.74. The molecule has 5 heterocycles. The molecule has 0 aromatic carbocycles. The minimum atomic E-state index is -0.961. The number of nitrogens with one attached hydrogen (secondary N) is 2. The van der Waals surface area contributed by atoms with Crippen LogP contribution in [0.5, 0.6) is 0 Å². The molecule has 150 valence electrons. The van der Waals surface area contributed by atoms with Gasteiger partial charge in [-0.3, -0.25) is 0 Å². The normalized spacial score (nSPS) is 20.4. The van der Waals surface area contributed by atoms with Crippen LogP contribution in [0.3, 0.4) is 0 Å². The number of rotatable bonds is 4. The van der Waals surface area contributed by atoms with Crippen LogP contribution in [0, 0.1) is 0 Å². The Morgan fingerprint density at radius 1 is 1.14 bits per heavy atom. The Hall–Kier alpha value is -3.27. The van der Waals surface area contributed by atoms with Crippen LogP contribution in [0.1, 0.15) is 6.42 Å². The zero-order valence-corrected chi connectivity index (χ0v) is 16.2. The van der Waals surface area contributed by atoms with Crippen molar-refractivity contribution in [2.24, 2.45) is 0 Å². The van der Waals surface area contributed by atoms with Crippen LogP contribution in [-0.4, -0.2) is 73.5 Å². The first kappa shape index (κ1) is 17.8. The summed E-state index contributed by atoms with van der Waals surface area (Å²) in [6.07, 6.45) is 5.13. The number of hydrogen-bond donors (Lipinski definition) is 2. The summed E-state index contributed by atoms with van der Waals surface area (Å²) in [5, 5.41) is 15.5. The van der Waals surface area contributed by atoms with Gasteiger partial charge in [0.2, 0.25) is 5.95 Å². The van der Waals surface area contributed by atoms with Gasteiger partial charge in [-0.1, -0.05) is 0 Å². The molecule has 2 atom stereocenters. The Bertz CT molecular complexity index is 1170. The molecule has 2 N–H and O–H groups in total. The lowest BCUT2D eigenvalue weighted by molar-refractivity contribution is 0.149. The Labute approximate surface area is 166 Å². The third-order valence-electron chi connectivity index (χ3n) is 5.34. The van der Waals surface area contributed by atoms with Gasteiger partial charge in [0.25, 0.3) is 0 Å². The molecule has 5 rings (SSSR count). The number of likely N-dealkylation sites (tertiary alicyclic amines) is 1. The van der Waals surface area contributed by atoms with Gasteiger partial charge in [0.05, 0.1) is 11.7 Å². The van der Waals surface area contributed by atoms with E-state index in [1.54, 1.807) is 15.2 Å². The topological polar surface area (TPSA) is 87.7 Å². The van der Waals surface area contributed by atoms with Gasteiger partial charge in [-0.25, -0.2) is 18.4 Å². The first-order valence-corrected chi connectivity index (χ1v) is 9.59. The smallest absolute Gasteiger partial charge is 0.243 e. The predicted octanol–water partition coefficient (Wildman–Crippen LogP) is 1.93. The molecule has 0 spiro atoms. The van der Waals surface area contributed by atoms with Gasteiger partial charge in [0.1, 0.15) is 11.7 Å². The average molecular weight is 395 g/mol. The molecule has 1 fully saturated rings. The maximum absolute atomic E-state index is 14.4. The van der Waals surface area contributed by atoms with E-state index >= 15 is 0 Å². The minimum absolute atomic E-state index is 0.297. The van der Waals surface area contributed by atoms with E-state index in [0.717, 1.165) is 29.0 Å². The zero-order valence-electron chi connectivity index (χ0n) is 16.2. The fourth-order valence-corrected chi connectivity index (χ4v) is 3.81. The summed E-state index contributed by atoms with van der Waals surface area (Å²) in [6, 6.07) is 5.50.